The molecule has 0 spiro atoms. The Hall–Kier alpha value is -0.650. The summed E-state index contributed by atoms with van der Waals surface area (Å²) in [5.41, 5.74) is 0. The molecule has 0 rings (SSSR count). The third-order valence-electron chi connectivity index (χ3n) is 1.90. The zero-order chi connectivity index (χ0) is 11.8. The van der Waals surface area contributed by atoms with Crippen LogP contribution in [0.4, 0.5) is 0 Å². The number of amides is 1. The Morgan fingerprint density at radius 2 is 2.00 bits per heavy atom. The van der Waals surface area contributed by atoms with Gasteiger partial charge in [-0.2, -0.15) is 0 Å². The smallest absolute Gasteiger partial charge is 0.237 e. The topological polar surface area (TPSA) is 70.6 Å². The lowest BCUT2D eigenvalue weighted by Gasteiger charge is -2.21. The number of ether oxygens (including phenoxy) is 1. The summed E-state index contributed by atoms with van der Waals surface area (Å²) in [6.07, 6.45) is 0. The van der Waals surface area contributed by atoms with Gasteiger partial charge in [-0.25, -0.2) is 0 Å². The van der Waals surface area contributed by atoms with Crippen molar-refractivity contribution in [2.45, 2.75) is 38.9 Å². The summed E-state index contributed by atoms with van der Waals surface area (Å²) >= 11 is 0. The number of hydrogen-bond acceptors (Lipinski definition) is 4. The van der Waals surface area contributed by atoms with Crippen molar-refractivity contribution >= 4 is 5.91 Å². The van der Waals surface area contributed by atoms with E-state index in [1.807, 2.05) is 13.8 Å². The van der Waals surface area contributed by atoms with Crippen molar-refractivity contribution in [3.8, 4) is 0 Å². The van der Waals surface area contributed by atoms with Gasteiger partial charge in [-0.3, -0.25) is 10.1 Å². The van der Waals surface area contributed by atoms with Crippen LogP contribution in [0.3, 0.4) is 0 Å². The number of carbonyl (C=O) groups excluding carboxylic acids is 1. The average molecular weight is 218 g/mol. The molecule has 0 aliphatic heterocycles. The van der Waals surface area contributed by atoms with Crippen LogP contribution in [0.5, 0.6) is 0 Å². The molecule has 0 aliphatic carbocycles. The van der Waals surface area contributed by atoms with Crippen molar-refractivity contribution in [1.29, 1.82) is 0 Å². The molecule has 5 heteroatoms. The van der Waals surface area contributed by atoms with Crippen LogP contribution in [0.1, 0.15) is 20.8 Å². The SMILES string of the molecule is COCC(CO)NC(C)C(=O)NC(C)C. The van der Waals surface area contributed by atoms with E-state index >= 15 is 0 Å². The summed E-state index contributed by atoms with van der Waals surface area (Å²) in [5.74, 6) is -0.0699. The van der Waals surface area contributed by atoms with Crippen LogP contribution >= 0.6 is 0 Å². The summed E-state index contributed by atoms with van der Waals surface area (Å²) in [6, 6.07) is -0.417. The third kappa shape index (κ3) is 6.43. The Bertz CT molecular complexity index is 186. The molecule has 2 atom stereocenters. The number of carbonyl (C=O) groups is 1. The molecule has 0 saturated heterocycles. The van der Waals surface area contributed by atoms with Crippen molar-refractivity contribution in [1.82, 2.24) is 10.6 Å². The number of rotatable bonds is 7. The number of hydrogen-bond donors (Lipinski definition) is 3. The predicted molar refractivity (Wildman–Crippen MR) is 58.6 cm³/mol. The largest absolute Gasteiger partial charge is 0.395 e. The average Bonchev–Trinajstić information content (AvgIpc) is 2.15. The fourth-order valence-electron chi connectivity index (χ4n) is 1.19. The maximum Gasteiger partial charge on any atom is 0.237 e. The maximum absolute atomic E-state index is 11.5. The number of methoxy groups -OCH3 is 1. The fraction of sp³-hybridized carbons (Fsp3) is 0.900. The lowest BCUT2D eigenvalue weighted by molar-refractivity contribution is -0.123. The standard InChI is InChI=1S/C10H22N2O3/c1-7(2)11-10(14)8(3)12-9(5-13)6-15-4/h7-9,12-13H,5-6H2,1-4H3,(H,11,14). The molecule has 0 heterocycles. The van der Waals surface area contributed by atoms with Gasteiger partial charge in [-0.05, 0) is 20.8 Å². The van der Waals surface area contributed by atoms with Gasteiger partial charge in [0.05, 0.1) is 25.3 Å². The van der Waals surface area contributed by atoms with Crippen LogP contribution in [0.15, 0.2) is 0 Å². The molecule has 2 unspecified atom stereocenters. The normalized spacial score (nSPS) is 15.1. The zero-order valence-corrected chi connectivity index (χ0v) is 9.91. The Balaban J connectivity index is 3.97. The molecule has 90 valence electrons. The highest BCUT2D eigenvalue weighted by Crippen LogP contribution is 1.90. The van der Waals surface area contributed by atoms with Crippen LogP contribution < -0.4 is 10.6 Å². The van der Waals surface area contributed by atoms with E-state index in [0.29, 0.717) is 6.61 Å². The lowest BCUT2D eigenvalue weighted by atomic mass is 10.2. The predicted octanol–water partition coefficient (Wildman–Crippen LogP) is -0.504. The van der Waals surface area contributed by atoms with E-state index in [1.165, 1.54) is 0 Å². The maximum atomic E-state index is 11.5. The molecule has 0 bridgehead atoms. The molecule has 0 aromatic carbocycles. The molecule has 0 aromatic heterocycles. The van der Waals surface area contributed by atoms with Crippen molar-refractivity contribution in [3.05, 3.63) is 0 Å². The van der Waals surface area contributed by atoms with E-state index in [2.05, 4.69) is 10.6 Å². The molecule has 0 radical (unpaired) electrons. The minimum absolute atomic E-state index is 0.0485. The molecule has 0 fully saturated rings. The molecule has 5 nitrogen and oxygen atoms in total. The van der Waals surface area contributed by atoms with Crippen LogP contribution in [-0.2, 0) is 9.53 Å². The van der Waals surface area contributed by atoms with Crippen molar-refractivity contribution in [3.63, 3.8) is 0 Å². The first-order valence-electron chi connectivity index (χ1n) is 5.17. The molecular weight excluding hydrogens is 196 g/mol. The minimum atomic E-state index is -0.334. The first-order valence-corrected chi connectivity index (χ1v) is 5.17. The van der Waals surface area contributed by atoms with Gasteiger partial charge in [0.1, 0.15) is 0 Å². The summed E-state index contributed by atoms with van der Waals surface area (Å²) in [4.78, 5) is 11.5. The van der Waals surface area contributed by atoms with E-state index in [-0.39, 0.29) is 30.6 Å². The number of nitrogens with one attached hydrogen (secondary N) is 2. The molecule has 15 heavy (non-hydrogen) atoms. The van der Waals surface area contributed by atoms with Crippen LogP contribution in [-0.4, -0.2) is 49.5 Å². The molecule has 0 aliphatic rings. The van der Waals surface area contributed by atoms with Gasteiger partial charge < -0.3 is 15.2 Å². The third-order valence-corrected chi connectivity index (χ3v) is 1.90. The van der Waals surface area contributed by atoms with E-state index in [4.69, 9.17) is 9.84 Å². The monoisotopic (exact) mass is 218 g/mol. The second-order valence-corrected chi connectivity index (χ2v) is 3.89. The van der Waals surface area contributed by atoms with E-state index < -0.39 is 0 Å². The molecule has 0 saturated carbocycles. The molecule has 1 amide bonds. The van der Waals surface area contributed by atoms with Crippen LogP contribution in [0, 0.1) is 0 Å². The summed E-state index contributed by atoms with van der Waals surface area (Å²) in [5, 5.41) is 14.8. The van der Waals surface area contributed by atoms with Crippen molar-refractivity contribution in [2.75, 3.05) is 20.3 Å². The Morgan fingerprint density at radius 1 is 1.40 bits per heavy atom. The zero-order valence-electron chi connectivity index (χ0n) is 9.91. The van der Waals surface area contributed by atoms with Gasteiger partial charge in [0, 0.05) is 13.2 Å². The fourth-order valence-corrected chi connectivity index (χ4v) is 1.19. The first-order chi connectivity index (χ1) is 7.01. The highest BCUT2D eigenvalue weighted by atomic mass is 16.5. The Kier molecular flexibility index (Phi) is 7.29. The van der Waals surface area contributed by atoms with Crippen molar-refractivity contribution < 1.29 is 14.6 Å². The quantitative estimate of drug-likeness (QED) is 0.538. The van der Waals surface area contributed by atoms with Gasteiger partial charge in [0.15, 0.2) is 0 Å². The van der Waals surface area contributed by atoms with Gasteiger partial charge in [0.2, 0.25) is 5.91 Å². The highest BCUT2D eigenvalue weighted by molar-refractivity contribution is 5.81. The van der Waals surface area contributed by atoms with Gasteiger partial charge in [-0.15, -0.1) is 0 Å². The Labute approximate surface area is 91.2 Å². The summed E-state index contributed by atoms with van der Waals surface area (Å²) < 4.78 is 4.90. The molecule has 3 N–H and O–H groups in total. The highest BCUT2D eigenvalue weighted by Gasteiger charge is 2.17. The Morgan fingerprint density at radius 3 is 2.40 bits per heavy atom. The summed E-state index contributed by atoms with van der Waals surface area (Å²) in [7, 11) is 1.56. The summed E-state index contributed by atoms with van der Waals surface area (Å²) in [6.45, 7) is 5.91. The van der Waals surface area contributed by atoms with Crippen LogP contribution in [0.25, 0.3) is 0 Å². The second kappa shape index (κ2) is 7.62. The second-order valence-electron chi connectivity index (χ2n) is 3.89. The van der Waals surface area contributed by atoms with E-state index in [9.17, 15) is 4.79 Å². The van der Waals surface area contributed by atoms with Gasteiger partial charge >= 0.3 is 0 Å². The van der Waals surface area contributed by atoms with E-state index in [0.717, 1.165) is 0 Å². The van der Waals surface area contributed by atoms with Gasteiger partial charge in [0.25, 0.3) is 0 Å². The first kappa shape index (κ1) is 14.3. The minimum Gasteiger partial charge on any atom is -0.395 e. The molecule has 0 aromatic rings. The molecular formula is C10H22N2O3. The number of aliphatic hydroxyl groups is 1. The lowest BCUT2D eigenvalue weighted by Crippen LogP contribution is -2.50. The van der Waals surface area contributed by atoms with Crippen LogP contribution in [0.2, 0.25) is 0 Å². The number of aliphatic hydroxyl groups excluding tert-OH is 1. The van der Waals surface area contributed by atoms with Gasteiger partial charge in [-0.1, -0.05) is 0 Å². The van der Waals surface area contributed by atoms with Crippen molar-refractivity contribution in [2.24, 2.45) is 0 Å². The van der Waals surface area contributed by atoms with E-state index in [1.54, 1.807) is 14.0 Å².